The van der Waals surface area contributed by atoms with Gasteiger partial charge in [0.2, 0.25) is 0 Å². The molecular weight excluding hydrogens is 364 g/mol. The van der Waals surface area contributed by atoms with Gasteiger partial charge < -0.3 is 4.42 Å². The van der Waals surface area contributed by atoms with Crippen molar-refractivity contribution < 1.29 is 4.42 Å². The third kappa shape index (κ3) is 2.70. The lowest BCUT2D eigenvalue weighted by molar-refractivity contribution is 0.661. The highest BCUT2D eigenvalue weighted by Crippen LogP contribution is 2.41. The van der Waals surface area contributed by atoms with Gasteiger partial charge >= 0.3 is 0 Å². The molecule has 0 aliphatic heterocycles. The predicted molar refractivity (Wildman–Crippen MR) is 127 cm³/mol. The van der Waals surface area contributed by atoms with Crippen LogP contribution < -0.4 is 0 Å². The molecule has 0 N–H and O–H groups in total. The highest BCUT2D eigenvalue weighted by atomic mass is 16.3. The smallest absolute Gasteiger partial charge is 0.139 e. The van der Waals surface area contributed by atoms with Crippen molar-refractivity contribution in [2.45, 2.75) is 19.8 Å². The van der Waals surface area contributed by atoms with E-state index in [0.29, 0.717) is 0 Å². The third-order valence-corrected chi connectivity index (χ3v) is 6.24. The van der Waals surface area contributed by atoms with E-state index in [0.717, 1.165) is 24.0 Å². The second-order valence-corrected chi connectivity index (χ2v) is 8.18. The molecule has 6 rings (SSSR count). The number of fused-ring (bicyclic) bond motifs is 5. The molecule has 0 radical (unpaired) electrons. The first-order valence-electron chi connectivity index (χ1n) is 10.6. The Morgan fingerprint density at radius 1 is 0.733 bits per heavy atom. The molecule has 30 heavy (non-hydrogen) atoms. The Balaban J connectivity index is 1.54. The number of rotatable bonds is 2. The lowest BCUT2D eigenvalue weighted by atomic mass is 9.87. The average Bonchev–Trinajstić information content (AvgIpc) is 3.18. The zero-order valence-electron chi connectivity index (χ0n) is 17.0. The molecule has 0 saturated carbocycles. The van der Waals surface area contributed by atoms with Gasteiger partial charge in [-0.25, -0.2) is 0 Å². The van der Waals surface area contributed by atoms with Crippen LogP contribution in [0.3, 0.4) is 0 Å². The molecule has 4 aromatic carbocycles. The van der Waals surface area contributed by atoms with Crippen molar-refractivity contribution in [3.8, 4) is 22.3 Å². The zero-order valence-corrected chi connectivity index (χ0v) is 17.0. The molecule has 0 fully saturated rings. The van der Waals surface area contributed by atoms with E-state index >= 15 is 0 Å². The van der Waals surface area contributed by atoms with Crippen molar-refractivity contribution in [1.82, 2.24) is 0 Å². The summed E-state index contributed by atoms with van der Waals surface area (Å²) in [7, 11) is 0. The fourth-order valence-corrected chi connectivity index (χ4v) is 4.63. The fourth-order valence-electron chi connectivity index (χ4n) is 4.63. The molecule has 1 heteroatoms. The Kier molecular flexibility index (Phi) is 3.89. The molecule has 1 aliphatic rings. The van der Waals surface area contributed by atoms with Gasteiger partial charge in [0, 0.05) is 16.3 Å². The van der Waals surface area contributed by atoms with Gasteiger partial charge in [0.15, 0.2) is 0 Å². The van der Waals surface area contributed by atoms with Crippen molar-refractivity contribution in [3.05, 3.63) is 102 Å². The van der Waals surface area contributed by atoms with E-state index < -0.39 is 0 Å². The number of furan rings is 1. The lowest BCUT2D eigenvalue weighted by Crippen LogP contribution is -1.97. The first kappa shape index (κ1) is 17.3. The molecule has 0 unspecified atom stereocenters. The van der Waals surface area contributed by atoms with Crippen molar-refractivity contribution in [1.29, 1.82) is 0 Å². The zero-order chi connectivity index (χ0) is 20.1. The number of hydrogen-bond donors (Lipinski definition) is 0. The first-order valence-corrected chi connectivity index (χ1v) is 10.6. The molecule has 0 atom stereocenters. The molecule has 144 valence electrons. The Hall–Kier alpha value is -3.58. The van der Waals surface area contributed by atoms with Gasteiger partial charge in [-0.15, -0.1) is 0 Å². The van der Waals surface area contributed by atoms with Crippen LogP contribution in [0.5, 0.6) is 0 Å². The van der Waals surface area contributed by atoms with Crippen molar-refractivity contribution in [2.75, 3.05) is 0 Å². The maximum Gasteiger partial charge on any atom is 0.139 e. The summed E-state index contributed by atoms with van der Waals surface area (Å²) in [5.41, 5.74) is 11.0. The molecule has 1 aromatic heterocycles. The number of allylic oxidation sites excluding steroid dienone is 1. The van der Waals surface area contributed by atoms with Gasteiger partial charge in [0.1, 0.15) is 11.2 Å². The Morgan fingerprint density at radius 3 is 2.23 bits per heavy atom. The summed E-state index contributed by atoms with van der Waals surface area (Å²) < 4.78 is 6.29. The molecule has 0 saturated heterocycles. The van der Waals surface area contributed by atoms with Crippen molar-refractivity contribution >= 4 is 28.0 Å². The Labute approximate surface area is 176 Å². The minimum absolute atomic E-state index is 0.969. The maximum atomic E-state index is 6.29. The summed E-state index contributed by atoms with van der Waals surface area (Å²) >= 11 is 0. The summed E-state index contributed by atoms with van der Waals surface area (Å²) in [6, 6.07) is 28.4. The van der Waals surface area contributed by atoms with Crippen LogP contribution in [0, 0.1) is 6.92 Å². The second-order valence-electron chi connectivity index (χ2n) is 8.18. The monoisotopic (exact) mass is 386 g/mol. The molecule has 0 spiro atoms. The van der Waals surface area contributed by atoms with Gasteiger partial charge in [-0.2, -0.15) is 0 Å². The normalized spacial score (nSPS) is 13.1. The fraction of sp³-hybridized carbons (Fsp3) is 0.103. The van der Waals surface area contributed by atoms with Gasteiger partial charge in [-0.05, 0) is 59.7 Å². The molecule has 1 heterocycles. The van der Waals surface area contributed by atoms with E-state index in [1.807, 2.05) is 6.07 Å². The number of para-hydroxylation sites is 1. The number of benzene rings is 4. The highest BCUT2D eigenvalue weighted by Gasteiger charge is 2.19. The van der Waals surface area contributed by atoms with Crippen LogP contribution in [0.15, 0.2) is 89.4 Å². The van der Waals surface area contributed by atoms with Crippen LogP contribution in [0.2, 0.25) is 0 Å². The molecule has 0 bridgehead atoms. The first-order chi connectivity index (χ1) is 14.8. The predicted octanol–water partition coefficient (Wildman–Crippen LogP) is 8.19. The standard InChI is InChI=1S/C29H22O/c1-19-10-12-20(13-11-19)21-14-16-22(17-15-21)26-18-27-24-7-4-5-9-28(24)30-29(27)25-8-3-2-6-23(25)26/h2,4-7,9-18H,3,8H2,1H3. The van der Waals surface area contributed by atoms with E-state index in [1.165, 1.54) is 49.7 Å². The van der Waals surface area contributed by atoms with E-state index in [9.17, 15) is 0 Å². The van der Waals surface area contributed by atoms with Crippen LogP contribution in [-0.4, -0.2) is 0 Å². The van der Waals surface area contributed by atoms with Crippen LogP contribution in [0.25, 0.3) is 50.3 Å². The van der Waals surface area contributed by atoms with Crippen LogP contribution >= 0.6 is 0 Å². The van der Waals surface area contributed by atoms with Crippen molar-refractivity contribution in [2.24, 2.45) is 0 Å². The summed E-state index contributed by atoms with van der Waals surface area (Å²) in [6.45, 7) is 2.12. The summed E-state index contributed by atoms with van der Waals surface area (Å²) in [4.78, 5) is 0. The summed E-state index contributed by atoms with van der Waals surface area (Å²) in [6.07, 6.45) is 6.64. The molecule has 0 amide bonds. The largest absolute Gasteiger partial charge is 0.456 e. The second kappa shape index (κ2) is 6.74. The van der Waals surface area contributed by atoms with E-state index in [2.05, 4.69) is 91.9 Å². The third-order valence-electron chi connectivity index (χ3n) is 6.24. The number of aryl methyl sites for hydroxylation is 2. The summed E-state index contributed by atoms with van der Waals surface area (Å²) in [5, 5.41) is 2.42. The van der Waals surface area contributed by atoms with Gasteiger partial charge in [-0.1, -0.05) is 84.4 Å². The summed E-state index contributed by atoms with van der Waals surface area (Å²) in [5.74, 6) is 0. The topological polar surface area (TPSA) is 13.1 Å². The Bertz CT molecular complexity index is 1410. The minimum atomic E-state index is 0.969. The lowest BCUT2D eigenvalue weighted by Gasteiger charge is -2.16. The molecule has 1 aliphatic carbocycles. The maximum absolute atomic E-state index is 6.29. The van der Waals surface area contributed by atoms with Gasteiger partial charge in [0.25, 0.3) is 0 Å². The number of hydrogen-bond acceptors (Lipinski definition) is 1. The molecule has 5 aromatic rings. The quantitative estimate of drug-likeness (QED) is 0.298. The van der Waals surface area contributed by atoms with E-state index in [4.69, 9.17) is 4.42 Å². The SMILES string of the molecule is Cc1ccc(-c2ccc(-c3cc4c(oc5ccccc54)c4c3C=CCC4)cc2)cc1. The van der Waals surface area contributed by atoms with Crippen LogP contribution in [-0.2, 0) is 6.42 Å². The molecule has 1 nitrogen and oxygen atoms in total. The molecular formula is C29H22O. The average molecular weight is 386 g/mol. The van der Waals surface area contributed by atoms with Gasteiger partial charge in [0.05, 0.1) is 0 Å². The van der Waals surface area contributed by atoms with E-state index in [-0.39, 0.29) is 0 Å². The Morgan fingerprint density at radius 2 is 1.43 bits per heavy atom. The van der Waals surface area contributed by atoms with Crippen LogP contribution in [0.4, 0.5) is 0 Å². The van der Waals surface area contributed by atoms with Gasteiger partial charge in [-0.3, -0.25) is 0 Å². The van der Waals surface area contributed by atoms with Crippen LogP contribution in [0.1, 0.15) is 23.1 Å². The highest BCUT2D eigenvalue weighted by molar-refractivity contribution is 6.09. The van der Waals surface area contributed by atoms with E-state index in [1.54, 1.807) is 0 Å². The minimum Gasteiger partial charge on any atom is -0.456 e. The van der Waals surface area contributed by atoms with Crippen molar-refractivity contribution in [3.63, 3.8) is 0 Å².